The number of hydrogen-bond acceptors (Lipinski definition) is 6. The summed E-state index contributed by atoms with van der Waals surface area (Å²) in [5.74, 6) is 3.39. The van der Waals surface area contributed by atoms with Crippen LogP contribution in [0.3, 0.4) is 0 Å². The number of rotatable bonds is 4. The SMILES string of the molecule is CNc1nc(C2CC2)nc(NC2CCS(=O)(=O)C2)c1C. The molecule has 1 unspecified atom stereocenters. The summed E-state index contributed by atoms with van der Waals surface area (Å²) < 4.78 is 23.1. The van der Waals surface area contributed by atoms with Crippen molar-refractivity contribution in [1.29, 1.82) is 0 Å². The van der Waals surface area contributed by atoms with Crippen molar-refractivity contribution in [3.8, 4) is 0 Å². The van der Waals surface area contributed by atoms with Crippen molar-refractivity contribution in [3.63, 3.8) is 0 Å². The van der Waals surface area contributed by atoms with E-state index in [0.717, 1.165) is 35.9 Å². The molecule has 0 spiro atoms. The summed E-state index contributed by atoms with van der Waals surface area (Å²) in [6, 6.07) is -0.0367. The average Bonchev–Trinajstić information content (AvgIpc) is 3.18. The van der Waals surface area contributed by atoms with Crippen LogP contribution in [0.15, 0.2) is 0 Å². The molecular weight excluding hydrogens is 276 g/mol. The first kappa shape index (κ1) is 13.6. The molecule has 1 saturated heterocycles. The van der Waals surface area contributed by atoms with E-state index in [1.54, 1.807) is 0 Å². The fourth-order valence-corrected chi connectivity index (χ4v) is 4.22. The molecule has 2 fully saturated rings. The number of anilines is 2. The highest BCUT2D eigenvalue weighted by molar-refractivity contribution is 7.91. The van der Waals surface area contributed by atoms with Gasteiger partial charge in [-0.05, 0) is 26.2 Å². The van der Waals surface area contributed by atoms with Gasteiger partial charge < -0.3 is 10.6 Å². The minimum absolute atomic E-state index is 0.0367. The zero-order valence-electron chi connectivity index (χ0n) is 11.8. The van der Waals surface area contributed by atoms with E-state index in [9.17, 15) is 8.42 Å². The molecule has 2 aliphatic rings. The average molecular weight is 296 g/mol. The third-order valence-electron chi connectivity index (χ3n) is 3.92. The van der Waals surface area contributed by atoms with E-state index in [-0.39, 0.29) is 17.5 Å². The summed E-state index contributed by atoms with van der Waals surface area (Å²) >= 11 is 0. The molecule has 110 valence electrons. The summed E-state index contributed by atoms with van der Waals surface area (Å²) in [7, 11) is -1.04. The Kier molecular flexibility index (Phi) is 3.32. The van der Waals surface area contributed by atoms with Crippen LogP contribution in [0.1, 0.15) is 36.6 Å². The minimum Gasteiger partial charge on any atom is -0.373 e. The van der Waals surface area contributed by atoms with Gasteiger partial charge in [-0.25, -0.2) is 18.4 Å². The van der Waals surface area contributed by atoms with E-state index in [1.165, 1.54) is 0 Å². The molecule has 2 N–H and O–H groups in total. The Morgan fingerprint density at radius 1 is 1.15 bits per heavy atom. The van der Waals surface area contributed by atoms with Gasteiger partial charge in [0, 0.05) is 24.6 Å². The number of hydrogen-bond donors (Lipinski definition) is 2. The van der Waals surface area contributed by atoms with Crippen molar-refractivity contribution in [3.05, 3.63) is 11.4 Å². The first-order valence-electron chi connectivity index (χ1n) is 7.02. The summed E-state index contributed by atoms with van der Waals surface area (Å²) in [6.07, 6.45) is 2.94. The van der Waals surface area contributed by atoms with Crippen LogP contribution in [-0.4, -0.2) is 43.0 Å². The smallest absolute Gasteiger partial charge is 0.152 e. The standard InChI is InChI=1S/C13H20N4O2S/c1-8-11(14-2)16-13(9-3-4-9)17-12(8)15-10-5-6-20(18,19)7-10/h9-10H,3-7H2,1-2H3,(H2,14,15,16,17). The predicted molar refractivity (Wildman–Crippen MR) is 79.0 cm³/mol. The Hall–Kier alpha value is -1.37. The molecule has 0 amide bonds. The summed E-state index contributed by atoms with van der Waals surface area (Å²) in [5.41, 5.74) is 0.946. The Balaban J connectivity index is 1.86. The lowest BCUT2D eigenvalue weighted by Crippen LogP contribution is -2.22. The topological polar surface area (TPSA) is 84.0 Å². The maximum absolute atomic E-state index is 11.5. The van der Waals surface area contributed by atoms with Gasteiger partial charge in [-0.3, -0.25) is 0 Å². The van der Waals surface area contributed by atoms with E-state index in [0.29, 0.717) is 12.3 Å². The lowest BCUT2D eigenvalue weighted by atomic mass is 10.2. The Labute approximate surface area is 119 Å². The number of sulfone groups is 1. The van der Waals surface area contributed by atoms with E-state index in [2.05, 4.69) is 20.6 Å². The first-order valence-corrected chi connectivity index (χ1v) is 8.84. The molecular formula is C13H20N4O2S. The maximum atomic E-state index is 11.5. The van der Waals surface area contributed by atoms with Crippen LogP contribution in [-0.2, 0) is 9.84 Å². The van der Waals surface area contributed by atoms with Gasteiger partial charge in [0.2, 0.25) is 0 Å². The van der Waals surface area contributed by atoms with Crippen molar-refractivity contribution in [2.75, 3.05) is 29.2 Å². The third kappa shape index (κ3) is 2.72. The summed E-state index contributed by atoms with van der Waals surface area (Å²) in [6.45, 7) is 1.95. The number of nitrogens with one attached hydrogen (secondary N) is 2. The molecule has 1 aromatic rings. The molecule has 6 nitrogen and oxygen atoms in total. The van der Waals surface area contributed by atoms with Gasteiger partial charge in [-0.1, -0.05) is 0 Å². The molecule has 20 heavy (non-hydrogen) atoms. The molecule has 0 aromatic carbocycles. The van der Waals surface area contributed by atoms with Crippen molar-refractivity contribution >= 4 is 21.5 Å². The van der Waals surface area contributed by atoms with Crippen molar-refractivity contribution in [2.24, 2.45) is 0 Å². The molecule has 1 aromatic heterocycles. The highest BCUT2D eigenvalue weighted by atomic mass is 32.2. The predicted octanol–water partition coefficient (Wildman–Crippen LogP) is 1.30. The van der Waals surface area contributed by atoms with Gasteiger partial charge in [0.15, 0.2) is 9.84 Å². The zero-order valence-corrected chi connectivity index (χ0v) is 12.6. The highest BCUT2D eigenvalue weighted by Gasteiger charge is 2.31. The van der Waals surface area contributed by atoms with Gasteiger partial charge in [-0.15, -0.1) is 0 Å². The molecule has 0 radical (unpaired) electrons. The number of nitrogens with zero attached hydrogens (tertiary/aromatic N) is 2. The van der Waals surface area contributed by atoms with Crippen LogP contribution in [0, 0.1) is 6.92 Å². The Bertz CT molecular complexity index is 626. The van der Waals surface area contributed by atoms with Crippen LogP contribution in [0.2, 0.25) is 0 Å². The lowest BCUT2D eigenvalue weighted by molar-refractivity contribution is 0.602. The Morgan fingerprint density at radius 3 is 2.40 bits per heavy atom. The second-order valence-corrected chi connectivity index (χ2v) is 7.90. The van der Waals surface area contributed by atoms with Crippen LogP contribution in [0.4, 0.5) is 11.6 Å². The van der Waals surface area contributed by atoms with E-state index in [4.69, 9.17) is 0 Å². The molecule has 7 heteroatoms. The second-order valence-electron chi connectivity index (χ2n) is 5.67. The van der Waals surface area contributed by atoms with E-state index >= 15 is 0 Å². The molecule has 1 aliphatic heterocycles. The fraction of sp³-hybridized carbons (Fsp3) is 0.692. The van der Waals surface area contributed by atoms with Gasteiger partial charge >= 0.3 is 0 Å². The van der Waals surface area contributed by atoms with Crippen LogP contribution < -0.4 is 10.6 Å². The molecule has 2 heterocycles. The largest absolute Gasteiger partial charge is 0.373 e. The monoisotopic (exact) mass is 296 g/mol. The Morgan fingerprint density at radius 2 is 1.85 bits per heavy atom. The second kappa shape index (κ2) is 4.87. The van der Waals surface area contributed by atoms with Gasteiger partial charge in [0.1, 0.15) is 17.5 Å². The normalized spacial score (nSPS) is 24.6. The van der Waals surface area contributed by atoms with Gasteiger partial charge in [0.05, 0.1) is 11.5 Å². The molecule has 1 atom stereocenters. The highest BCUT2D eigenvalue weighted by Crippen LogP contribution is 2.39. The van der Waals surface area contributed by atoms with Crippen molar-refractivity contribution in [1.82, 2.24) is 9.97 Å². The first-order chi connectivity index (χ1) is 9.48. The van der Waals surface area contributed by atoms with E-state index in [1.807, 2.05) is 14.0 Å². The molecule has 1 saturated carbocycles. The fourth-order valence-electron chi connectivity index (χ4n) is 2.54. The van der Waals surface area contributed by atoms with Crippen LogP contribution in [0.5, 0.6) is 0 Å². The third-order valence-corrected chi connectivity index (χ3v) is 5.68. The molecule has 3 rings (SSSR count). The summed E-state index contributed by atoms with van der Waals surface area (Å²) in [5, 5.41) is 6.38. The van der Waals surface area contributed by atoms with Crippen molar-refractivity contribution in [2.45, 2.75) is 38.1 Å². The van der Waals surface area contributed by atoms with Gasteiger partial charge in [-0.2, -0.15) is 0 Å². The number of aromatic nitrogens is 2. The maximum Gasteiger partial charge on any atom is 0.152 e. The van der Waals surface area contributed by atoms with E-state index < -0.39 is 9.84 Å². The molecule has 1 aliphatic carbocycles. The minimum atomic E-state index is -2.88. The van der Waals surface area contributed by atoms with Crippen molar-refractivity contribution < 1.29 is 8.42 Å². The van der Waals surface area contributed by atoms with Crippen LogP contribution in [0.25, 0.3) is 0 Å². The van der Waals surface area contributed by atoms with Crippen LogP contribution >= 0.6 is 0 Å². The van der Waals surface area contributed by atoms with Gasteiger partial charge in [0.25, 0.3) is 0 Å². The zero-order chi connectivity index (χ0) is 14.3. The lowest BCUT2D eigenvalue weighted by Gasteiger charge is -2.17. The summed E-state index contributed by atoms with van der Waals surface area (Å²) in [4.78, 5) is 9.13. The quantitative estimate of drug-likeness (QED) is 0.871. The molecule has 0 bridgehead atoms.